The van der Waals surface area contributed by atoms with Crippen LogP contribution in [0.5, 0.6) is 0 Å². The van der Waals surface area contributed by atoms with Crippen molar-refractivity contribution in [3.8, 4) is 0 Å². The molecule has 1 N–H and O–H groups in total. The fourth-order valence-corrected chi connectivity index (χ4v) is 1.66. The molecule has 0 saturated carbocycles. The molecule has 0 bridgehead atoms. The van der Waals surface area contributed by atoms with E-state index in [9.17, 15) is 4.79 Å². The van der Waals surface area contributed by atoms with E-state index in [-0.39, 0.29) is 6.15 Å². The maximum Gasteiger partial charge on any atom is 0.408 e. The minimum atomic E-state index is -0.479. The number of hydrogen-bond donors (Lipinski definition) is 1. The number of ether oxygens (including phenoxy) is 1. The minimum Gasteiger partial charge on any atom is -0.444 e. The van der Waals surface area contributed by atoms with Crippen molar-refractivity contribution in [1.29, 1.82) is 0 Å². The molecule has 0 aromatic heterocycles. The predicted octanol–water partition coefficient (Wildman–Crippen LogP) is 3.17. The fraction of sp³-hybridized carbons (Fsp3) is 0.500. The lowest BCUT2D eigenvalue weighted by atomic mass is 9.93. The third-order valence-electron chi connectivity index (χ3n) is 2.55. The zero-order valence-corrected chi connectivity index (χ0v) is 13.4. The number of alkyl carbamates (subject to hydrolysis) is 1. The molecule has 116 valence electrons. The van der Waals surface area contributed by atoms with Gasteiger partial charge in [-0.1, -0.05) is 29.8 Å². The highest BCUT2D eigenvalue weighted by Gasteiger charge is 2.26. The second kappa shape index (κ2) is 7.60. The second-order valence-electron chi connectivity index (χ2n) is 6.20. The SMILES string of the molecule is Cc1cccc(C(C)(C)NC(=O)OC(C)(C)C)c1.O=C=O. The van der Waals surface area contributed by atoms with Crippen molar-refractivity contribution in [2.75, 3.05) is 0 Å². The summed E-state index contributed by atoms with van der Waals surface area (Å²) in [5.41, 5.74) is 1.31. The summed E-state index contributed by atoms with van der Waals surface area (Å²) in [6.45, 7) is 11.5. The summed E-state index contributed by atoms with van der Waals surface area (Å²) in [6.07, 6.45) is -0.144. The molecule has 0 unspecified atom stereocenters. The van der Waals surface area contributed by atoms with E-state index in [1.54, 1.807) is 0 Å². The molecule has 0 spiro atoms. The maximum atomic E-state index is 11.8. The number of carbonyl (C=O) groups excluding carboxylic acids is 3. The van der Waals surface area contributed by atoms with Crippen LogP contribution in [-0.4, -0.2) is 17.8 Å². The minimum absolute atomic E-state index is 0.250. The lowest BCUT2D eigenvalue weighted by Gasteiger charge is -2.29. The van der Waals surface area contributed by atoms with E-state index in [0.29, 0.717) is 0 Å². The van der Waals surface area contributed by atoms with Gasteiger partial charge in [0.05, 0.1) is 5.54 Å². The van der Waals surface area contributed by atoms with Crippen LogP contribution < -0.4 is 5.32 Å². The molecular formula is C16H23NO4. The molecule has 1 rings (SSSR count). The molecule has 0 aliphatic carbocycles. The number of hydrogen-bond acceptors (Lipinski definition) is 4. The number of nitrogens with one attached hydrogen (secondary N) is 1. The first kappa shape index (κ1) is 18.9. The average Bonchev–Trinajstić information content (AvgIpc) is 2.26. The van der Waals surface area contributed by atoms with Gasteiger partial charge in [0.1, 0.15) is 5.60 Å². The van der Waals surface area contributed by atoms with Crippen LogP contribution in [0.25, 0.3) is 0 Å². The van der Waals surface area contributed by atoms with Gasteiger partial charge in [0.2, 0.25) is 0 Å². The van der Waals surface area contributed by atoms with Crippen LogP contribution in [0.4, 0.5) is 4.79 Å². The topological polar surface area (TPSA) is 72.5 Å². The molecule has 0 aliphatic rings. The summed E-state index contributed by atoms with van der Waals surface area (Å²) < 4.78 is 5.28. The highest BCUT2D eigenvalue weighted by molar-refractivity contribution is 5.69. The number of carbonyl (C=O) groups is 1. The lowest BCUT2D eigenvalue weighted by Crippen LogP contribution is -2.43. The molecule has 0 radical (unpaired) electrons. The highest BCUT2D eigenvalue weighted by Crippen LogP contribution is 2.21. The fourth-order valence-electron chi connectivity index (χ4n) is 1.66. The molecule has 1 aromatic rings. The van der Waals surface area contributed by atoms with Crippen LogP contribution in [0.2, 0.25) is 0 Å². The number of aryl methyl sites for hydroxylation is 1. The van der Waals surface area contributed by atoms with Gasteiger partial charge in [-0.05, 0) is 47.1 Å². The van der Waals surface area contributed by atoms with Crippen molar-refractivity contribution in [2.45, 2.75) is 52.7 Å². The molecule has 0 saturated heterocycles. The first-order valence-corrected chi connectivity index (χ1v) is 6.59. The largest absolute Gasteiger partial charge is 0.444 e. The standard InChI is InChI=1S/C15H23NO2.CO2/c1-11-8-7-9-12(10-11)15(5,6)16-13(17)18-14(2,3)4;2-1-3/h7-10H,1-6H3,(H,16,17);. The predicted molar refractivity (Wildman–Crippen MR) is 78.6 cm³/mol. The quantitative estimate of drug-likeness (QED) is 0.909. The molecular weight excluding hydrogens is 270 g/mol. The van der Waals surface area contributed by atoms with Crippen molar-refractivity contribution in [3.63, 3.8) is 0 Å². The Hall–Kier alpha value is -2.13. The molecule has 0 fully saturated rings. The zero-order valence-electron chi connectivity index (χ0n) is 13.4. The Balaban J connectivity index is 0.00000122. The smallest absolute Gasteiger partial charge is 0.408 e. The number of benzene rings is 1. The molecule has 1 amide bonds. The Morgan fingerprint density at radius 1 is 1.14 bits per heavy atom. The van der Waals surface area contributed by atoms with Gasteiger partial charge in [-0.15, -0.1) is 0 Å². The molecule has 1 aromatic carbocycles. The van der Waals surface area contributed by atoms with Gasteiger partial charge in [0.25, 0.3) is 0 Å². The summed E-state index contributed by atoms with van der Waals surface area (Å²) in [5.74, 6) is 0. The Kier molecular flexibility index (Phi) is 6.83. The van der Waals surface area contributed by atoms with E-state index < -0.39 is 17.2 Å². The highest BCUT2D eigenvalue weighted by atomic mass is 16.6. The van der Waals surface area contributed by atoms with Gasteiger partial charge in [0.15, 0.2) is 0 Å². The molecule has 5 nitrogen and oxygen atoms in total. The van der Waals surface area contributed by atoms with Gasteiger partial charge >= 0.3 is 12.2 Å². The average molecular weight is 293 g/mol. The summed E-state index contributed by atoms with van der Waals surface area (Å²) in [5, 5.41) is 2.90. The Bertz CT molecular complexity index is 509. The molecule has 0 atom stereocenters. The van der Waals surface area contributed by atoms with Crippen LogP contribution in [0.1, 0.15) is 45.7 Å². The second-order valence-corrected chi connectivity index (χ2v) is 6.20. The maximum absolute atomic E-state index is 11.8. The van der Waals surface area contributed by atoms with E-state index in [0.717, 1.165) is 5.56 Å². The third-order valence-corrected chi connectivity index (χ3v) is 2.55. The zero-order chi connectivity index (χ0) is 16.7. The monoisotopic (exact) mass is 293 g/mol. The van der Waals surface area contributed by atoms with Crippen molar-refractivity contribution in [1.82, 2.24) is 5.32 Å². The van der Waals surface area contributed by atoms with Crippen molar-refractivity contribution < 1.29 is 19.1 Å². The van der Waals surface area contributed by atoms with E-state index in [1.165, 1.54) is 5.56 Å². The van der Waals surface area contributed by atoms with E-state index in [4.69, 9.17) is 14.3 Å². The van der Waals surface area contributed by atoms with Gasteiger partial charge in [-0.3, -0.25) is 0 Å². The van der Waals surface area contributed by atoms with Gasteiger partial charge in [0, 0.05) is 0 Å². The Morgan fingerprint density at radius 2 is 1.67 bits per heavy atom. The van der Waals surface area contributed by atoms with E-state index in [1.807, 2.05) is 59.7 Å². The van der Waals surface area contributed by atoms with E-state index in [2.05, 4.69) is 11.4 Å². The van der Waals surface area contributed by atoms with Crippen molar-refractivity contribution in [3.05, 3.63) is 35.4 Å². The number of rotatable bonds is 2. The number of amides is 1. The Morgan fingerprint density at radius 3 is 2.10 bits per heavy atom. The molecule has 0 heterocycles. The summed E-state index contributed by atoms with van der Waals surface area (Å²) in [7, 11) is 0. The van der Waals surface area contributed by atoms with Gasteiger partial charge in [-0.2, -0.15) is 9.59 Å². The van der Waals surface area contributed by atoms with E-state index >= 15 is 0 Å². The van der Waals surface area contributed by atoms with Crippen LogP contribution >= 0.6 is 0 Å². The van der Waals surface area contributed by atoms with Crippen LogP contribution in [-0.2, 0) is 19.9 Å². The summed E-state index contributed by atoms with van der Waals surface area (Å²) in [4.78, 5) is 28.0. The lowest BCUT2D eigenvalue weighted by molar-refractivity contribution is -0.191. The van der Waals surface area contributed by atoms with Gasteiger partial charge < -0.3 is 10.1 Å². The molecule has 0 aliphatic heterocycles. The van der Waals surface area contributed by atoms with Crippen LogP contribution in [0, 0.1) is 6.92 Å². The summed E-state index contributed by atoms with van der Waals surface area (Å²) in [6, 6.07) is 8.10. The first-order valence-electron chi connectivity index (χ1n) is 6.59. The van der Waals surface area contributed by atoms with Gasteiger partial charge in [-0.25, -0.2) is 4.79 Å². The third kappa shape index (κ3) is 7.90. The molecule has 5 heteroatoms. The van der Waals surface area contributed by atoms with Crippen molar-refractivity contribution >= 4 is 12.2 Å². The Labute approximate surface area is 125 Å². The first-order chi connectivity index (χ1) is 9.51. The van der Waals surface area contributed by atoms with Crippen LogP contribution in [0.15, 0.2) is 24.3 Å². The van der Waals surface area contributed by atoms with Crippen LogP contribution in [0.3, 0.4) is 0 Å². The summed E-state index contributed by atoms with van der Waals surface area (Å²) >= 11 is 0. The normalized spacial score (nSPS) is 10.8. The van der Waals surface area contributed by atoms with Crippen molar-refractivity contribution in [2.24, 2.45) is 0 Å². The molecule has 21 heavy (non-hydrogen) atoms.